The topological polar surface area (TPSA) is 61.4 Å². The summed E-state index contributed by atoms with van der Waals surface area (Å²) >= 11 is 0. The van der Waals surface area contributed by atoms with Crippen LogP contribution in [-0.2, 0) is 9.59 Å². The van der Waals surface area contributed by atoms with Crippen molar-refractivity contribution in [3.63, 3.8) is 0 Å². The number of hydrogen-bond donors (Lipinski definition) is 2. The molecular formula is C10H16F3N3O2. The van der Waals surface area contributed by atoms with Crippen LogP contribution in [0.25, 0.3) is 0 Å². The molecule has 0 bridgehead atoms. The molecule has 0 aromatic heterocycles. The first kappa shape index (κ1) is 14.7. The van der Waals surface area contributed by atoms with E-state index in [1.807, 2.05) is 0 Å². The average molecular weight is 267 g/mol. The van der Waals surface area contributed by atoms with Crippen molar-refractivity contribution in [2.24, 2.45) is 0 Å². The zero-order valence-electron chi connectivity index (χ0n) is 10.2. The van der Waals surface area contributed by atoms with Gasteiger partial charge in [-0.1, -0.05) is 0 Å². The number of carbonyl (C=O) groups is 2. The number of nitrogens with zero attached hydrogens (tertiary/aromatic N) is 1. The molecule has 104 valence electrons. The van der Waals surface area contributed by atoms with E-state index in [0.29, 0.717) is 13.1 Å². The Morgan fingerprint density at radius 2 is 2.11 bits per heavy atom. The fourth-order valence-electron chi connectivity index (χ4n) is 1.65. The highest BCUT2D eigenvalue weighted by atomic mass is 19.4. The second-order valence-corrected chi connectivity index (χ2v) is 4.67. The van der Waals surface area contributed by atoms with Crippen molar-refractivity contribution >= 4 is 11.8 Å². The summed E-state index contributed by atoms with van der Waals surface area (Å²) in [6.07, 6.45) is -4.44. The van der Waals surface area contributed by atoms with E-state index in [-0.39, 0.29) is 12.5 Å². The van der Waals surface area contributed by atoms with Gasteiger partial charge in [-0.15, -0.1) is 0 Å². The standard InChI is InChI=1S/C10H16F3N3O2/c1-9(2)8(18)16(4-3-15-9)5-7(17)14-6-10(11,12)13/h15H,3-6H2,1-2H3,(H,14,17). The summed E-state index contributed by atoms with van der Waals surface area (Å²) in [6.45, 7) is 2.41. The smallest absolute Gasteiger partial charge is 0.345 e. The van der Waals surface area contributed by atoms with Crippen molar-refractivity contribution in [1.82, 2.24) is 15.5 Å². The van der Waals surface area contributed by atoms with Crippen molar-refractivity contribution in [3.8, 4) is 0 Å². The minimum absolute atomic E-state index is 0.295. The van der Waals surface area contributed by atoms with Gasteiger partial charge in [0.2, 0.25) is 11.8 Å². The summed E-state index contributed by atoms with van der Waals surface area (Å²) in [7, 11) is 0. The van der Waals surface area contributed by atoms with Crippen LogP contribution in [0.15, 0.2) is 0 Å². The minimum atomic E-state index is -4.44. The van der Waals surface area contributed by atoms with Crippen molar-refractivity contribution in [2.75, 3.05) is 26.2 Å². The van der Waals surface area contributed by atoms with Gasteiger partial charge in [0.25, 0.3) is 0 Å². The van der Waals surface area contributed by atoms with Crippen LogP contribution >= 0.6 is 0 Å². The molecule has 0 atom stereocenters. The maximum Gasteiger partial charge on any atom is 0.405 e. The Hall–Kier alpha value is -1.31. The Morgan fingerprint density at radius 1 is 1.50 bits per heavy atom. The highest BCUT2D eigenvalue weighted by molar-refractivity contribution is 5.90. The highest BCUT2D eigenvalue weighted by Crippen LogP contribution is 2.13. The summed E-state index contributed by atoms with van der Waals surface area (Å²) in [5.41, 5.74) is -0.789. The van der Waals surface area contributed by atoms with E-state index in [9.17, 15) is 22.8 Å². The molecule has 0 unspecified atom stereocenters. The Labute approximate surface area is 103 Å². The van der Waals surface area contributed by atoms with E-state index in [0.717, 1.165) is 0 Å². The lowest BCUT2D eigenvalue weighted by Crippen LogP contribution is -2.62. The van der Waals surface area contributed by atoms with Crippen LogP contribution in [0, 0.1) is 0 Å². The van der Waals surface area contributed by atoms with Crippen LogP contribution in [0.4, 0.5) is 13.2 Å². The molecule has 1 fully saturated rings. The third kappa shape index (κ3) is 4.17. The first-order valence-electron chi connectivity index (χ1n) is 5.50. The van der Waals surface area contributed by atoms with Gasteiger partial charge in [0.05, 0.1) is 12.1 Å². The van der Waals surface area contributed by atoms with Gasteiger partial charge < -0.3 is 15.5 Å². The average Bonchev–Trinajstić information content (AvgIpc) is 2.21. The van der Waals surface area contributed by atoms with Gasteiger partial charge in [0, 0.05) is 13.1 Å². The molecule has 0 aliphatic carbocycles. The lowest BCUT2D eigenvalue weighted by Gasteiger charge is -2.37. The molecule has 1 rings (SSSR count). The van der Waals surface area contributed by atoms with E-state index in [1.165, 1.54) is 4.90 Å². The van der Waals surface area contributed by atoms with Gasteiger partial charge in [0.1, 0.15) is 6.54 Å². The van der Waals surface area contributed by atoms with E-state index in [2.05, 4.69) is 5.32 Å². The summed E-state index contributed by atoms with van der Waals surface area (Å²) in [6, 6.07) is 0. The second-order valence-electron chi connectivity index (χ2n) is 4.67. The Bertz CT molecular complexity index is 342. The molecule has 2 amide bonds. The highest BCUT2D eigenvalue weighted by Gasteiger charge is 2.36. The van der Waals surface area contributed by atoms with Crippen LogP contribution < -0.4 is 10.6 Å². The largest absolute Gasteiger partial charge is 0.405 e. The number of halogens is 3. The molecule has 2 N–H and O–H groups in total. The SMILES string of the molecule is CC1(C)NCCN(CC(=O)NCC(F)(F)F)C1=O. The number of piperazine rings is 1. The van der Waals surface area contributed by atoms with Crippen LogP contribution in [-0.4, -0.2) is 54.6 Å². The number of alkyl halides is 3. The molecule has 18 heavy (non-hydrogen) atoms. The maximum absolute atomic E-state index is 11.9. The number of amides is 2. The first-order valence-corrected chi connectivity index (χ1v) is 5.50. The summed E-state index contributed by atoms with van der Waals surface area (Å²) in [5, 5.41) is 4.70. The second kappa shape index (κ2) is 5.13. The van der Waals surface area contributed by atoms with Crippen molar-refractivity contribution in [1.29, 1.82) is 0 Å². The van der Waals surface area contributed by atoms with Crippen LogP contribution in [0.1, 0.15) is 13.8 Å². The van der Waals surface area contributed by atoms with Gasteiger partial charge in [-0.2, -0.15) is 13.2 Å². The third-order valence-corrected chi connectivity index (χ3v) is 2.59. The molecule has 1 aliphatic rings. The van der Waals surface area contributed by atoms with Gasteiger partial charge >= 0.3 is 6.18 Å². The lowest BCUT2D eigenvalue weighted by atomic mass is 10.0. The van der Waals surface area contributed by atoms with Gasteiger partial charge in [-0.25, -0.2) is 0 Å². The van der Waals surface area contributed by atoms with Gasteiger partial charge in [0.15, 0.2) is 0 Å². The van der Waals surface area contributed by atoms with E-state index >= 15 is 0 Å². The molecule has 5 nitrogen and oxygen atoms in total. The number of rotatable bonds is 3. The molecule has 0 radical (unpaired) electrons. The molecule has 0 aromatic rings. The lowest BCUT2D eigenvalue weighted by molar-refractivity contribution is -0.146. The molecule has 1 saturated heterocycles. The molecule has 1 heterocycles. The molecular weight excluding hydrogens is 251 g/mol. The fraction of sp³-hybridized carbons (Fsp3) is 0.800. The Kier molecular flexibility index (Phi) is 4.20. The predicted molar refractivity (Wildman–Crippen MR) is 57.7 cm³/mol. The van der Waals surface area contributed by atoms with Crippen molar-refractivity contribution < 1.29 is 22.8 Å². The van der Waals surface area contributed by atoms with Crippen LogP contribution in [0.2, 0.25) is 0 Å². The van der Waals surface area contributed by atoms with Crippen molar-refractivity contribution in [2.45, 2.75) is 25.6 Å². The molecule has 1 aliphatic heterocycles. The molecule has 0 saturated carbocycles. The fourth-order valence-corrected chi connectivity index (χ4v) is 1.65. The summed E-state index contributed by atoms with van der Waals surface area (Å²) in [4.78, 5) is 24.4. The van der Waals surface area contributed by atoms with Gasteiger partial charge in [-0.3, -0.25) is 9.59 Å². The summed E-state index contributed by atoms with van der Waals surface area (Å²) < 4.78 is 35.7. The van der Waals surface area contributed by atoms with Crippen molar-refractivity contribution in [3.05, 3.63) is 0 Å². The monoisotopic (exact) mass is 267 g/mol. The van der Waals surface area contributed by atoms with E-state index in [4.69, 9.17) is 0 Å². The maximum atomic E-state index is 11.9. The zero-order chi connectivity index (χ0) is 14.0. The molecule has 0 aromatic carbocycles. The number of hydrogen-bond acceptors (Lipinski definition) is 3. The minimum Gasteiger partial charge on any atom is -0.345 e. The van der Waals surface area contributed by atoms with E-state index in [1.54, 1.807) is 19.2 Å². The number of nitrogens with one attached hydrogen (secondary N) is 2. The van der Waals surface area contributed by atoms with Gasteiger partial charge in [-0.05, 0) is 13.8 Å². The van der Waals surface area contributed by atoms with E-state index < -0.39 is 24.2 Å². The Morgan fingerprint density at radius 3 is 2.67 bits per heavy atom. The normalized spacial score (nSPS) is 19.8. The van der Waals surface area contributed by atoms with Crippen LogP contribution in [0.5, 0.6) is 0 Å². The number of carbonyl (C=O) groups excluding carboxylic acids is 2. The third-order valence-electron chi connectivity index (χ3n) is 2.59. The zero-order valence-corrected chi connectivity index (χ0v) is 10.2. The molecule has 0 spiro atoms. The Balaban J connectivity index is 2.47. The molecule has 8 heteroatoms. The summed E-state index contributed by atoms with van der Waals surface area (Å²) in [5.74, 6) is -1.10. The predicted octanol–water partition coefficient (Wildman–Crippen LogP) is -0.125. The quantitative estimate of drug-likeness (QED) is 0.749. The first-order chi connectivity index (χ1) is 8.12. The van der Waals surface area contributed by atoms with Crippen LogP contribution in [0.3, 0.4) is 0 Å².